The van der Waals surface area contributed by atoms with Crippen LogP contribution in [0.5, 0.6) is 0 Å². The summed E-state index contributed by atoms with van der Waals surface area (Å²) >= 11 is 0. The number of benzene rings is 1. The molecule has 0 amide bonds. The van der Waals surface area contributed by atoms with Gasteiger partial charge < -0.3 is 24.8 Å². The number of hydrogen-bond donors (Lipinski definition) is 2. The molecule has 0 aromatic heterocycles. The van der Waals surface area contributed by atoms with Crippen LogP contribution in [0.4, 0.5) is 0 Å². The van der Waals surface area contributed by atoms with Crippen molar-refractivity contribution in [2.45, 2.75) is 19.5 Å². The zero-order valence-electron chi connectivity index (χ0n) is 17.1. The first-order valence-corrected chi connectivity index (χ1v) is 9.71. The van der Waals surface area contributed by atoms with Crippen LogP contribution < -0.4 is 10.6 Å². The van der Waals surface area contributed by atoms with E-state index in [1.807, 2.05) is 0 Å². The second-order valence-corrected chi connectivity index (χ2v) is 6.52. The van der Waals surface area contributed by atoms with Crippen molar-refractivity contribution in [2.75, 3.05) is 66.8 Å². The van der Waals surface area contributed by atoms with Gasteiger partial charge in [0.15, 0.2) is 5.96 Å². The first-order chi connectivity index (χ1) is 13.3. The quantitative estimate of drug-likeness (QED) is 0.207. The van der Waals surface area contributed by atoms with E-state index in [1.165, 1.54) is 11.1 Å². The van der Waals surface area contributed by atoms with E-state index < -0.39 is 0 Å². The van der Waals surface area contributed by atoms with Gasteiger partial charge in [0, 0.05) is 53.5 Å². The van der Waals surface area contributed by atoms with Crippen molar-refractivity contribution < 1.29 is 14.2 Å². The van der Waals surface area contributed by atoms with Gasteiger partial charge in [-0.25, -0.2) is 0 Å². The van der Waals surface area contributed by atoms with E-state index >= 15 is 0 Å². The summed E-state index contributed by atoms with van der Waals surface area (Å²) in [6.07, 6.45) is 0.931. The van der Waals surface area contributed by atoms with Gasteiger partial charge in [-0.1, -0.05) is 24.3 Å². The van der Waals surface area contributed by atoms with Crippen molar-refractivity contribution in [1.29, 1.82) is 0 Å². The number of aliphatic imine (C=N–C) groups is 1. The average Bonchev–Trinajstić information content (AvgIpc) is 2.71. The van der Waals surface area contributed by atoms with E-state index in [0.29, 0.717) is 13.2 Å². The summed E-state index contributed by atoms with van der Waals surface area (Å²) in [5.41, 5.74) is 2.59. The predicted molar refractivity (Wildman–Crippen MR) is 123 cm³/mol. The molecule has 1 saturated heterocycles. The highest BCUT2D eigenvalue weighted by molar-refractivity contribution is 14.0. The molecule has 2 rings (SSSR count). The van der Waals surface area contributed by atoms with E-state index in [1.54, 1.807) is 14.2 Å². The minimum atomic E-state index is 0. The number of hydrogen-bond acceptors (Lipinski definition) is 5. The summed E-state index contributed by atoms with van der Waals surface area (Å²) in [4.78, 5) is 6.69. The Hall–Kier alpha value is -0.940. The lowest BCUT2D eigenvalue weighted by atomic mass is 10.1. The van der Waals surface area contributed by atoms with Crippen molar-refractivity contribution in [1.82, 2.24) is 15.5 Å². The standard InChI is InChI=1S/C20H34N4O3.HI/c1-21-20(22-8-3-11-26-15-14-25-2)23-16-18-4-6-19(7-5-18)17-24-9-12-27-13-10-24;/h4-7H,3,8-17H2,1-2H3,(H2,21,22,23);1H. The largest absolute Gasteiger partial charge is 0.382 e. The van der Waals surface area contributed by atoms with Gasteiger partial charge >= 0.3 is 0 Å². The second-order valence-electron chi connectivity index (χ2n) is 6.52. The van der Waals surface area contributed by atoms with Gasteiger partial charge in [0.2, 0.25) is 0 Å². The molecule has 8 heteroatoms. The van der Waals surface area contributed by atoms with Gasteiger partial charge in [0.05, 0.1) is 26.4 Å². The molecule has 0 bridgehead atoms. The smallest absolute Gasteiger partial charge is 0.191 e. The molecule has 160 valence electrons. The Bertz CT molecular complexity index is 537. The number of morpholine rings is 1. The molecule has 1 heterocycles. The zero-order valence-corrected chi connectivity index (χ0v) is 19.4. The van der Waals surface area contributed by atoms with Crippen LogP contribution >= 0.6 is 24.0 Å². The molecule has 0 unspecified atom stereocenters. The average molecular weight is 506 g/mol. The lowest BCUT2D eigenvalue weighted by Crippen LogP contribution is -2.37. The fourth-order valence-electron chi connectivity index (χ4n) is 2.81. The molecule has 0 radical (unpaired) electrons. The minimum absolute atomic E-state index is 0. The van der Waals surface area contributed by atoms with Crippen LogP contribution in [0.3, 0.4) is 0 Å². The zero-order chi connectivity index (χ0) is 19.2. The first kappa shape index (κ1) is 25.1. The van der Waals surface area contributed by atoms with E-state index in [9.17, 15) is 0 Å². The van der Waals surface area contributed by atoms with E-state index in [0.717, 1.165) is 64.9 Å². The number of rotatable bonds is 11. The topological polar surface area (TPSA) is 67.4 Å². The van der Waals surface area contributed by atoms with Crippen molar-refractivity contribution >= 4 is 29.9 Å². The highest BCUT2D eigenvalue weighted by Gasteiger charge is 2.10. The van der Waals surface area contributed by atoms with Crippen molar-refractivity contribution in [3.63, 3.8) is 0 Å². The van der Waals surface area contributed by atoms with Crippen molar-refractivity contribution in [3.8, 4) is 0 Å². The number of ether oxygens (including phenoxy) is 3. The molecule has 0 aliphatic carbocycles. The highest BCUT2D eigenvalue weighted by Crippen LogP contribution is 2.09. The molecule has 28 heavy (non-hydrogen) atoms. The minimum Gasteiger partial charge on any atom is -0.382 e. The lowest BCUT2D eigenvalue weighted by Gasteiger charge is -2.26. The van der Waals surface area contributed by atoms with Gasteiger partial charge in [0.25, 0.3) is 0 Å². The van der Waals surface area contributed by atoms with Crippen molar-refractivity contribution in [3.05, 3.63) is 35.4 Å². The molecule has 1 aromatic rings. The molecule has 0 saturated carbocycles. The Balaban J connectivity index is 0.00000392. The Morgan fingerprint density at radius 3 is 2.46 bits per heavy atom. The summed E-state index contributed by atoms with van der Waals surface area (Å²) in [5.74, 6) is 0.810. The molecular formula is C20H35IN4O3. The van der Waals surface area contributed by atoms with Crippen LogP contribution in [-0.4, -0.2) is 77.7 Å². The first-order valence-electron chi connectivity index (χ1n) is 9.71. The Morgan fingerprint density at radius 2 is 1.79 bits per heavy atom. The van der Waals surface area contributed by atoms with Crippen LogP contribution in [0.15, 0.2) is 29.3 Å². The molecule has 0 spiro atoms. The van der Waals surface area contributed by atoms with Gasteiger partial charge in [0.1, 0.15) is 0 Å². The molecule has 1 aromatic carbocycles. The van der Waals surface area contributed by atoms with E-state index in [2.05, 4.69) is 44.8 Å². The molecule has 7 nitrogen and oxygen atoms in total. The maximum atomic E-state index is 5.45. The molecular weight excluding hydrogens is 471 g/mol. The Morgan fingerprint density at radius 1 is 1.07 bits per heavy atom. The second kappa shape index (κ2) is 15.9. The summed E-state index contributed by atoms with van der Waals surface area (Å²) in [5, 5.41) is 6.65. The Kier molecular flexibility index (Phi) is 14.3. The fraction of sp³-hybridized carbons (Fsp3) is 0.650. The molecule has 1 fully saturated rings. The van der Waals surface area contributed by atoms with Crippen LogP contribution in [0, 0.1) is 0 Å². The SMILES string of the molecule is CN=C(NCCCOCCOC)NCc1ccc(CN2CCOCC2)cc1.I. The molecule has 1 aliphatic heterocycles. The maximum absolute atomic E-state index is 5.45. The lowest BCUT2D eigenvalue weighted by molar-refractivity contribution is 0.0342. The highest BCUT2D eigenvalue weighted by atomic mass is 127. The number of nitrogens with zero attached hydrogens (tertiary/aromatic N) is 2. The molecule has 2 N–H and O–H groups in total. The molecule has 1 aliphatic rings. The fourth-order valence-corrected chi connectivity index (χ4v) is 2.81. The summed E-state index contributed by atoms with van der Waals surface area (Å²) in [7, 11) is 3.47. The van der Waals surface area contributed by atoms with Gasteiger partial charge in [-0.3, -0.25) is 9.89 Å². The summed E-state index contributed by atoms with van der Waals surface area (Å²) in [6.45, 7) is 8.29. The van der Waals surface area contributed by atoms with E-state index in [-0.39, 0.29) is 24.0 Å². The molecule has 0 atom stereocenters. The number of methoxy groups -OCH3 is 1. The van der Waals surface area contributed by atoms with Crippen LogP contribution in [0.25, 0.3) is 0 Å². The third-order valence-electron chi connectivity index (χ3n) is 4.41. The summed E-state index contributed by atoms with van der Waals surface area (Å²) in [6, 6.07) is 8.78. The normalized spacial score (nSPS) is 15.1. The Labute approximate surface area is 186 Å². The third-order valence-corrected chi connectivity index (χ3v) is 4.41. The van der Waals surface area contributed by atoms with Crippen LogP contribution in [0.1, 0.15) is 17.5 Å². The number of halogens is 1. The number of guanidine groups is 1. The number of nitrogens with one attached hydrogen (secondary N) is 2. The summed E-state index contributed by atoms with van der Waals surface area (Å²) < 4.78 is 15.8. The van der Waals surface area contributed by atoms with Gasteiger partial charge in [-0.2, -0.15) is 0 Å². The maximum Gasteiger partial charge on any atom is 0.191 e. The van der Waals surface area contributed by atoms with E-state index in [4.69, 9.17) is 14.2 Å². The predicted octanol–water partition coefficient (Wildman–Crippen LogP) is 1.85. The third kappa shape index (κ3) is 10.6. The van der Waals surface area contributed by atoms with Crippen molar-refractivity contribution in [2.24, 2.45) is 4.99 Å². The van der Waals surface area contributed by atoms with Crippen LogP contribution in [0.2, 0.25) is 0 Å². The monoisotopic (exact) mass is 506 g/mol. The van der Waals surface area contributed by atoms with Gasteiger partial charge in [-0.15, -0.1) is 24.0 Å². The van der Waals surface area contributed by atoms with Gasteiger partial charge in [-0.05, 0) is 17.5 Å². The van der Waals surface area contributed by atoms with Crippen LogP contribution in [-0.2, 0) is 27.3 Å².